The predicted octanol–water partition coefficient (Wildman–Crippen LogP) is 0.442. The zero-order valence-corrected chi connectivity index (χ0v) is 6.13. The van der Waals surface area contributed by atoms with E-state index in [-0.39, 0.29) is 5.70 Å². The maximum Gasteiger partial charge on any atom is 0.292 e. The number of carbonyl (C=O) groups is 2. The van der Waals surface area contributed by atoms with Gasteiger partial charge in [0, 0.05) is 0 Å². The van der Waals surface area contributed by atoms with E-state index in [1.807, 2.05) is 0 Å². The van der Waals surface area contributed by atoms with Crippen LogP contribution in [-0.2, 0) is 9.59 Å². The fourth-order valence-electron chi connectivity index (χ4n) is 1.41. The Labute approximate surface area is 67.9 Å². The van der Waals surface area contributed by atoms with E-state index in [2.05, 4.69) is 5.32 Å². The maximum atomic E-state index is 12.9. The first-order valence-electron chi connectivity index (χ1n) is 3.61. The molecule has 0 aromatic rings. The summed E-state index contributed by atoms with van der Waals surface area (Å²) in [5.74, 6) is -2.34. The summed E-state index contributed by atoms with van der Waals surface area (Å²) in [7, 11) is 0. The Bertz CT molecular complexity index is 330. The summed E-state index contributed by atoms with van der Waals surface area (Å²) in [5.41, 5.74) is 0.132. The van der Waals surface area contributed by atoms with Crippen LogP contribution in [0.4, 0.5) is 4.39 Å². The van der Waals surface area contributed by atoms with Crippen LogP contribution in [0.2, 0.25) is 0 Å². The molecule has 1 aliphatic heterocycles. The van der Waals surface area contributed by atoms with Crippen LogP contribution in [-0.4, -0.2) is 11.7 Å². The Morgan fingerprint density at radius 2 is 2.25 bits per heavy atom. The molecule has 1 N–H and O–H groups in total. The molecular weight excluding hydrogens is 161 g/mol. The van der Waals surface area contributed by atoms with E-state index >= 15 is 0 Å². The minimum atomic E-state index is -0.700. The van der Waals surface area contributed by atoms with Crippen molar-refractivity contribution < 1.29 is 14.0 Å². The van der Waals surface area contributed by atoms with Gasteiger partial charge in [0.25, 0.3) is 5.91 Å². The van der Waals surface area contributed by atoms with E-state index in [4.69, 9.17) is 0 Å². The third-order valence-electron chi connectivity index (χ3n) is 2.03. The van der Waals surface area contributed by atoms with Crippen molar-refractivity contribution in [3.05, 3.63) is 23.7 Å². The second kappa shape index (κ2) is 2.27. The third-order valence-corrected chi connectivity index (χ3v) is 2.03. The zero-order chi connectivity index (χ0) is 8.72. The van der Waals surface area contributed by atoms with Crippen molar-refractivity contribution in [2.45, 2.75) is 6.42 Å². The molecule has 1 heterocycles. The molecule has 2 aliphatic rings. The average molecular weight is 167 g/mol. The molecule has 1 aliphatic carbocycles. The summed E-state index contributed by atoms with van der Waals surface area (Å²) in [5, 5.41) is 2.22. The van der Waals surface area contributed by atoms with Gasteiger partial charge in [-0.1, -0.05) is 6.08 Å². The number of fused-ring (bicyclic) bond motifs is 1. The smallest absolute Gasteiger partial charge is 0.292 e. The van der Waals surface area contributed by atoms with Crippen molar-refractivity contribution in [2.24, 2.45) is 5.92 Å². The van der Waals surface area contributed by atoms with E-state index in [1.54, 1.807) is 6.08 Å². The van der Waals surface area contributed by atoms with E-state index in [9.17, 15) is 14.0 Å². The van der Waals surface area contributed by atoms with Gasteiger partial charge in [-0.2, -0.15) is 0 Å². The Hall–Kier alpha value is -1.45. The molecule has 1 unspecified atom stereocenters. The molecular formula is C8H6FNO2. The van der Waals surface area contributed by atoms with Crippen molar-refractivity contribution in [3.63, 3.8) is 0 Å². The van der Waals surface area contributed by atoms with Gasteiger partial charge in [0.2, 0.25) is 5.78 Å². The van der Waals surface area contributed by atoms with Crippen LogP contribution in [0.15, 0.2) is 23.7 Å². The highest BCUT2D eigenvalue weighted by atomic mass is 19.1. The van der Waals surface area contributed by atoms with Gasteiger partial charge in [0.15, 0.2) is 0 Å². The molecule has 62 valence electrons. The summed E-state index contributed by atoms with van der Waals surface area (Å²) in [6.07, 6.45) is 3.24. The SMILES string of the molecule is O=C1NC2=C(F)C=CCC2C1=O. The van der Waals surface area contributed by atoms with Gasteiger partial charge in [-0.3, -0.25) is 9.59 Å². The lowest BCUT2D eigenvalue weighted by molar-refractivity contribution is -0.136. The van der Waals surface area contributed by atoms with Crippen LogP contribution < -0.4 is 5.32 Å². The molecule has 0 spiro atoms. The number of Topliss-reactive ketones (excluding diaryl/α,β-unsaturated/α-hetero) is 1. The summed E-state index contributed by atoms with van der Waals surface area (Å²) < 4.78 is 12.9. The van der Waals surface area contributed by atoms with Crippen molar-refractivity contribution in [3.8, 4) is 0 Å². The Morgan fingerprint density at radius 1 is 1.50 bits per heavy atom. The van der Waals surface area contributed by atoms with E-state index in [1.165, 1.54) is 6.08 Å². The van der Waals surface area contributed by atoms with Crippen molar-refractivity contribution in [1.29, 1.82) is 0 Å². The number of nitrogens with one attached hydrogen (secondary N) is 1. The Kier molecular flexibility index (Phi) is 1.36. The predicted molar refractivity (Wildman–Crippen MR) is 38.5 cm³/mol. The van der Waals surface area contributed by atoms with E-state index < -0.39 is 23.4 Å². The van der Waals surface area contributed by atoms with Gasteiger partial charge in [-0.05, 0) is 12.5 Å². The largest absolute Gasteiger partial charge is 0.320 e. The lowest BCUT2D eigenvalue weighted by Gasteiger charge is -2.09. The standard InChI is InChI=1S/C8H6FNO2/c9-5-3-1-2-4-6(5)10-8(12)7(4)11/h1,3-4H,2H2,(H,10,12). The molecule has 0 radical (unpaired) electrons. The first kappa shape index (κ1) is 7.21. The molecule has 2 rings (SSSR count). The Morgan fingerprint density at radius 3 is 2.92 bits per heavy atom. The summed E-state index contributed by atoms with van der Waals surface area (Å²) in [4.78, 5) is 21.8. The number of allylic oxidation sites excluding steroid dienone is 4. The van der Waals surface area contributed by atoms with Crippen molar-refractivity contribution in [1.82, 2.24) is 5.32 Å². The molecule has 12 heavy (non-hydrogen) atoms. The number of ketones is 1. The van der Waals surface area contributed by atoms with Gasteiger partial charge >= 0.3 is 0 Å². The maximum absolute atomic E-state index is 12.9. The van der Waals surface area contributed by atoms with Crippen LogP contribution in [0.25, 0.3) is 0 Å². The fraction of sp³-hybridized carbons (Fsp3) is 0.250. The number of hydrogen-bond acceptors (Lipinski definition) is 2. The van der Waals surface area contributed by atoms with Crippen LogP contribution in [0.1, 0.15) is 6.42 Å². The van der Waals surface area contributed by atoms with Gasteiger partial charge in [-0.15, -0.1) is 0 Å². The number of amides is 1. The molecule has 0 saturated carbocycles. The van der Waals surface area contributed by atoms with Gasteiger partial charge in [-0.25, -0.2) is 4.39 Å². The summed E-state index contributed by atoms with van der Waals surface area (Å²) in [6.45, 7) is 0. The second-order valence-corrected chi connectivity index (χ2v) is 2.77. The van der Waals surface area contributed by atoms with Gasteiger partial charge in [0.1, 0.15) is 5.83 Å². The third kappa shape index (κ3) is 0.809. The molecule has 0 aromatic carbocycles. The molecule has 0 aromatic heterocycles. The van der Waals surface area contributed by atoms with Gasteiger partial charge < -0.3 is 5.32 Å². The van der Waals surface area contributed by atoms with E-state index in [0.717, 1.165) is 0 Å². The number of rotatable bonds is 0. The fourth-order valence-corrected chi connectivity index (χ4v) is 1.41. The summed E-state index contributed by atoms with van der Waals surface area (Å²) >= 11 is 0. The molecule has 0 bridgehead atoms. The lowest BCUT2D eigenvalue weighted by Crippen LogP contribution is -2.18. The molecule has 1 amide bonds. The first-order chi connectivity index (χ1) is 5.70. The van der Waals surface area contributed by atoms with Crippen molar-refractivity contribution in [2.75, 3.05) is 0 Å². The van der Waals surface area contributed by atoms with Crippen LogP contribution >= 0.6 is 0 Å². The number of carbonyl (C=O) groups excluding carboxylic acids is 2. The van der Waals surface area contributed by atoms with E-state index in [0.29, 0.717) is 6.42 Å². The normalized spacial score (nSPS) is 27.6. The quantitative estimate of drug-likeness (QED) is 0.532. The second-order valence-electron chi connectivity index (χ2n) is 2.77. The number of hydrogen-bond donors (Lipinski definition) is 1. The highest BCUT2D eigenvalue weighted by molar-refractivity contribution is 6.40. The lowest BCUT2D eigenvalue weighted by atomic mass is 9.96. The van der Waals surface area contributed by atoms with Crippen LogP contribution in [0, 0.1) is 5.92 Å². The topological polar surface area (TPSA) is 46.2 Å². The molecule has 1 saturated heterocycles. The monoisotopic (exact) mass is 167 g/mol. The van der Waals surface area contributed by atoms with Crippen LogP contribution in [0.3, 0.4) is 0 Å². The highest BCUT2D eigenvalue weighted by Crippen LogP contribution is 2.28. The molecule has 1 atom stereocenters. The number of halogens is 1. The minimum absolute atomic E-state index is 0.132. The summed E-state index contributed by atoms with van der Waals surface area (Å²) in [6, 6.07) is 0. The molecule has 4 heteroatoms. The van der Waals surface area contributed by atoms with Crippen LogP contribution in [0.5, 0.6) is 0 Å². The first-order valence-corrected chi connectivity index (χ1v) is 3.61. The Balaban J connectivity index is 2.45. The van der Waals surface area contributed by atoms with Crippen molar-refractivity contribution >= 4 is 11.7 Å². The van der Waals surface area contributed by atoms with Gasteiger partial charge in [0.05, 0.1) is 11.6 Å². The average Bonchev–Trinajstić information content (AvgIpc) is 2.32. The minimum Gasteiger partial charge on any atom is -0.320 e. The molecule has 3 nitrogen and oxygen atoms in total. The zero-order valence-electron chi connectivity index (χ0n) is 6.13. The highest BCUT2D eigenvalue weighted by Gasteiger charge is 2.39. The molecule has 1 fully saturated rings.